The Labute approximate surface area is 224 Å². The van der Waals surface area contributed by atoms with E-state index in [1.54, 1.807) is 24.8 Å². The molecule has 6 aromatic rings. The van der Waals surface area contributed by atoms with E-state index >= 15 is 0 Å². The van der Waals surface area contributed by atoms with Crippen LogP contribution in [-0.2, 0) is 4.79 Å². The van der Waals surface area contributed by atoms with Gasteiger partial charge in [0.05, 0.1) is 34.6 Å². The van der Waals surface area contributed by atoms with Gasteiger partial charge in [0, 0.05) is 47.2 Å². The number of hydrogen-bond donors (Lipinski definition) is 3. The van der Waals surface area contributed by atoms with Gasteiger partial charge >= 0.3 is 0 Å². The topological polar surface area (TPSA) is 125 Å². The summed E-state index contributed by atoms with van der Waals surface area (Å²) in [6.07, 6.45) is 16.0. The fourth-order valence-electron chi connectivity index (χ4n) is 5.44. The molecule has 0 atom stereocenters. The van der Waals surface area contributed by atoms with Crippen molar-refractivity contribution in [3.05, 3.63) is 73.6 Å². The van der Waals surface area contributed by atoms with E-state index in [1.165, 1.54) is 6.42 Å². The molecule has 1 aliphatic carbocycles. The van der Waals surface area contributed by atoms with Crippen LogP contribution in [0.2, 0.25) is 0 Å². The van der Waals surface area contributed by atoms with E-state index in [0.717, 1.165) is 75.6 Å². The number of aromatic amines is 2. The predicted octanol–water partition coefficient (Wildman–Crippen LogP) is 6.14. The standard InChI is InChI=1S/C30H26N8O/c39-30(19-4-2-1-3-5-19)34-22-12-21(14-32-15-22)20-6-7-25-23(13-20)28(38-37-25)29-35-26-17-33-16-24(27(26)36-29)18-8-10-31-11-9-18/h6-17,19H,1-5H2,(H,34,39)(H,35,36)(H,37,38). The molecule has 39 heavy (non-hydrogen) atoms. The van der Waals surface area contributed by atoms with E-state index in [1.807, 2.05) is 42.7 Å². The summed E-state index contributed by atoms with van der Waals surface area (Å²) in [5.41, 5.74) is 7.80. The predicted molar refractivity (Wildman–Crippen MR) is 151 cm³/mol. The third-order valence-corrected chi connectivity index (χ3v) is 7.49. The van der Waals surface area contributed by atoms with E-state index in [2.05, 4.69) is 41.5 Å². The Morgan fingerprint density at radius 1 is 0.821 bits per heavy atom. The normalized spacial score (nSPS) is 14.2. The molecule has 0 spiro atoms. The zero-order chi connectivity index (χ0) is 26.2. The Bertz CT molecular complexity index is 1800. The second-order valence-electron chi connectivity index (χ2n) is 10.0. The number of amides is 1. The first-order valence-corrected chi connectivity index (χ1v) is 13.2. The summed E-state index contributed by atoms with van der Waals surface area (Å²) in [7, 11) is 0. The smallest absolute Gasteiger partial charge is 0.227 e. The molecule has 3 N–H and O–H groups in total. The molecule has 0 radical (unpaired) electrons. The molecule has 0 aliphatic heterocycles. The van der Waals surface area contributed by atoms with Crippen LogP contribution in [-0.4, -0.2) is 41.0 Å². The lowest BCUT2D eigenvalue weighted by Gasteiger charge is -2.20. The van der Waals surface area contributed by atoms with Crippen LogP contribution in [0.1, 0.15) is 32.1 Å². The van der Waals surface area contributed by atoms with Crippen molar-refractivity contribution in [1.82, 2.24) is 35.1 Å². The van der Waals surface area contributed by atoms with E-state index in [9.17, 15) is 4.79 Å². The number of carbonyl (C=O) groups excluding carboxylic acids is 1. The molecular formula is C30H26N8O. The van der Waals surface area contributed by atoms with Crippen LogP contribution in [0.25, 0.3) is 55.7 Å². The first-order chi connectivity index (χ1) is 19.2. The van der Waals surface area contributed by atoms with Gasteiger partial charge in [-0.2, -0.15) is 5.10 Å². The summed E-state index contributed by atoms with van der Waals surface area (Å²) in [6.45, 7) is 0. The van der Waals surface area contributed by atoms with Gasteiger partial charge < -0.3 is 10.3 Å². The van der Waals surface area contributed by atoms with Gasteiger partial charge in [-0.25, -0.2) is 4.98 Å². The minimum Gasteiger partial charge on any atom is -0.335 e. The monoisotopic (exact) mass is 514 g/mol. The van der Waals surface area contributed by atoms with Crippen molar-refractivity contribution < 1.29 is 4.79 Å². The number of fused-ring (bicyclic) bond motifs is 2. The zero-order valence-electron chi connectivity index (χ0n) is 21.2. The molecule has 7 rings (SSSR count). The summed E-state index contributed by atoms with van der Waals surface area (Å²) in [5.74, 6) is 0.834. The van der Waals surface area contributed by atoms with Crippen molar-refractivity contribution >= 4 is 33.5 Å². The van der Waals surface area contributed by atoms with Crippen LogP contribution in [0.15, 0.2) is 73.6 Å². The second-order valence-corrected chi connectivity index (χ2v) is 10.0. The maximum atomic E-state index is 12.8. The minimum absolute atomic E-state index is 0.0883. The number of imidazole rings is 1. The number of aromatic nitrogens is 7. The lowest BCUT2D eigenvalue weighted by atomic mass is 9.88. The van der Waals surface area contributed by atoms with Crippen molar-refractivity contribution in [2.45, 2.75) is 32.1 Å². The maximum absolute atomic E-state index is 12.8. The molecule has 1 fully saturated rings. The minimum atomic E-state index is 0.0883. The number of pyridine rings is 3. The van der Waals surface area contributed by atoms with Gasteiger partial charge in [-0.15, -0.1) is 0 Å². The van der Waals surface area contributed by atoms with Crippen molar-refractivity contribution in [2.75, 3.05) is 5.32 Å². The molecule has 1 saturated carbocycles. The van der Waals surface area contributed by atoms with Gasteiger partial charge in [0.1, 0.15) is 5.69 Å². The molecule has 5 heterocycles. The van der Waals surface area contributed by atoms with E-state index in [4.69, 9.17) is 4.98 Å². The van der Waals surface area contributed by atoms with Crippen molar-refractivity contribution in [1.29, 1.82) is 0 Å². The van der Waals surface area contributed by atoms with Crippen LogP contribution >= 0.6 is 0 Å². The Hall–Kier alpha value is -4.92. The van der Waals surface area contributed by atoms with Crippen molar-refractivity contribution in [3.63, 3.8) is 0 Å². The zero-order valence-corrected chi connectivity index (χ0v) is 21.2. The first-order valence-electron chi connectivity index (χ1n) is 13.2. The highest BCUT2D eigenvalue weighted by Crippen LogP contribution is 2.33. The molecule has 1 amide bonds. The number of nitrogens with one attached hydrogen (secondary N) is 3. The number of benzene rings is 1. The molecule has 0 saturated heterocycles. The number of H-pyrrole nitrogens is 2. The first kappa shape index (κ1) is 23.2. The number of anilines is 1. The van der Waals surface area contributed by atoms with Gasteiger partial charge in [-0.3, -0.25) is 24.8 Å². The summed E-state index contributed by atoms with van der Waals surface area (Å²) < 4.78 is 0. The van der Waals surface area contributed by atoms with Gasteiger partial charge in [0.25, 0.3) is 0 Å². The summed E-state index contributed by atoms with van der Waals surface area (Å²) in [6, 6.07) is 12.0. The maximum Gasteiger partial charge on any atom is 0.227 e. The molecule has 1 aliphatic rings. The number of hydrogen-bond acceptors (Lipinski definition) is 6. The van der Waals surface area contributed by atoms with Gasteiger partial charge in [0.2, 0.25) is 5.91 Å². The molecular weight excluding hydrogens is 488 g/mol. The van der Waals surface area contributed by atoms with Crippen molar-refractivity contribution in [3.8, 4) is 33.8 Å². The highest BCUT2D eigenvalue weighted by Gasteiger charge is 2.21. The molecule has 0 bridgehead atoms. The molecule has 0 unspecified atom stereocenters. The SMILES string of the molecule is O=C(Nc1cncc(-c2ccc3[nH]nc(-c4nc5c(-c6ccncc6)cncc5[nH]4)c3c2)c1)C1CCCCC1. The second kappa shape index (κ2) is 9.75. The van der Waals surface area contributed by atoms with Gasteiger partial charge in [0.15, 0.2) is 5.82 Å². The summed E-state index contributed by atoms with van der Waals surface area (Å²) >= 11 is 0. The summed E-state index contributed by atoms with van der Waals surface area (Å²) in [4.78, 5) is 34.0. The number of rotatable bonds is 5. The fraction of sp³-hybridized carbons (Fsp3) is 0.200. The van der Waals surface area contributed by atoms with Crippen LogP contribution in [0, 0.1) is 5.92 Å². The van der Waals surface area contributed by atoms with Gasteiger partial charge in [-0.1, -0.05) is 25.3 Å². The van der Waals surface area contributed by atoms with Crippen molar-refractivity contribution in [2.24, 2.45) is 5.92 Å². The average molecular weight is 515 g/mol. The highest BCUT2D eigenvalue weighted by atomic mass is 16.1. The van der Waals surface area contributed by atoms with Crippen LogP contribution in [0.4, 0.5) is 5.69 Å². The molecule has 1 aromatic carbocycles. The lowest BCUT2D eigenvalue weighted by molar-refractivity contribution is -0.120. The Kier molecular flexibility index (Phi) is 5.81. The van der Waals surface area contributed by atoms with E-state index < -0.39 is 0 Å². The highest BCUT2D eigenvalue weighted by molar-refractivity contribution is 5.98. The fourth-order valence-corrected chi connectivity index (χ4v) is 5.44. The Balaban J connectivity index is 1.23. The molecule has 192 valence electrons. The van der Waals surface area contributed by atoms with Gasteiger partial charge in [-0.05, 0) is 54.3 Å². The number of nitrogens with zero attached hydrogens (tertiary/aromatic N) is 5. The molecule has 5 aromatic heterocycles. The number of carbonyl (C=O) groups is 1. The third kappa shape index (κ3) is 4.41. The molecule has 9 heteroatoms. The van der Waals surface area contributed by atoms with E-state index in [0.29, 0.717) is 11.5 Å². The third-order valence-electron chi connectivity index (χ3n) is 7.49. The quantitative estimate of drug-likeness (QED) is 0.254. The van der Waals surface area contributed by atoms with Crippen LogP contribution in [0.3, 0.4) is 0 Å². The van der Waals surface area contributed by atoms with Crippen LogP contribution in [0.5, 0.6) is 0 Å². The van der Waals surface area contributed by atoms with E-state index in [-0.39, 0.29) is 11.8 Å². The Morgan fingerprint density at radius 2 is 1.67 bits per heavy atom. The van der Waals surface area contributed by atoms with Crippen LogP contribution < -0.4 is 5.32 Å². The molecule has 9 nitrogen and oxygen atoms in total. The lowest BCUT2D eigenvalue weighted by Crippen LogP contribution is -2.24. The Morgan fingerprint density at radius 3 is 2.54 bits per heavy atom. The average Bonchev–Trinajstić information content (AvgIpc) is 3.62. The summed E-state index contributed by atoms with van der Waals surface area (Å²) in [5, 5.41) is 11.7. The largest absolute Gasteiger partial charge is 0.335 e.